The minimum atomic E-state index is 0.127. The Morgan fingerprint density at radius 1 is 1.35 bits per heavy atom. The van der Waals surface area contributed by atoms with Crippen molar-refractivity contribution in [2.75, 3.05) is 7.05 Å². The summed E-state index contributed by atoms with van der Waals surface area (Å²) in [6.45, 7) is 4.65. The van der Waals surface area contributed by atoms with Crippen molar-refractivity contribution in [1.29, 1.82) is 0 Å². The van der Waals surface area contributed by atoms with Crippen molar-refractivity contribution >= 4 is 0 Å². The molecule has 0 saturated heterocycles. The van der Waals surface area contributed by atoms with E-state index >= 15 is 0 Å². The van der Waals surface area contributed by atoms with E-state index < -0.39 is 0 Å². The van der Waals surface area contributed by atoms with E-state index in [1.807, 2.05) is 13.2 Å². The largest absolute Gasteiger partial charge is 0.372 e. The molecular weight excluding hydrogens is 250 g/mol. The maximum atomic E-state index is 5.50. The van der Waals surface area contributed by atoms with E-state index in [9.17, 15) is 0 Å². The van der Waals surface area contributed by atoms with E-state index in [1.165, 1.54) is 16.7 Å². The standard InChI is InChI=1S/C16H21N3O/c1-3-7-19-8-6-18-16(19)15(17-2)12-4-5-13-10-20-11-14(13)9-12/h4-6,8-9,15,17H,3,7,10-11H2,1-2H3. The number of benzene rings is 1. The molecule has 20 heavy (non-hydrogen) atoms. The van der Waals surface area contributed by atoms with Gasteiger partial charge in [0.1, 0.15) is 5.82 Å². The van der Waals surface area contributed by atoms with Crippen molar-refractivity contribution in [3.8, 4) is 0 Å². The fourth-order valence-corrected chi connectivity index (χ4v) is 2.83. The number of hydrogen-bond acceptors (Lipinski definition) is 3. The summed E-state index contributed by atoms with van der Waals surface area (Å²) in [5.41, 5.74) is 3.86. The van der Waals surface area contributed by atoms with Crippen molar-refractivity contribution in [2.24, 2.45) is 0 Å². The highest BCUT2D eigenvalue weighted by Gasteiger charge is 2.20. The van der Waals surface area contributed by atoms with Crippen LogP contribution in [0.1, 0.15) is 41.9 Å². The first kappa shape index (κ1) is 13.3. The highest BCUT2D eigenvalue weighted by molar-refractivity contribution is 5.36. The SMILES string of the molecule is CCCn1ccnc1C(NC)c1ccc2c(c1)COC2. The number of fused-ring (bicyclic) bond motifs is 1. The molecule has 1 atom stereocenters. The monoisotopic (exact) mass is 271 g/mol. The zero-order chi connectivity index (χ0) is 13.9. The molecule has 3 rings (SSSR count). The van der Waals surface area contributed by atoms with Crippen LogP contribution in [0.4, 0.5) is 0 Å². The third-order valence-corrected chi connectivity index (χ3v) is 3.84. The van der Waals surface area contributed by atoms with Gasteiger partial charge in [0, 0.05) is 18.9 Å². The van der Waals surface area contributed by atoms with Gasteiger partial charge in [-0.2, -0.15) is 0 Å². The van der Waals surface area contributed by atoms with Gasteiger partial charge in [0.2, 0.25) is 0 Å². The third-order valence-electron chi connectivity index (χ3n) is 3.84. The maximum Gasteiger partial charge on any atom is 0.130 e. The summed E-state index contributed by atoms with van der Waals surface area (Å²) in [5, 5.41) is 3.39. The van der Waals surface area contributed by atoms with Gasteiger partial charge in [-0.1, -0.05) is 25.1 Å². The third kappa shape index (κ3) is 2.37. The maximum absolute atomic E-state index is 5.50. The quantitative estimate of drug-likeness (QED) is 0.908. The molecule has 4 nitrogen and oxygen atoms in total. The van der Waals surface area contributed by atoms with Crippen LogP contribution in [-0.2, 0) is 24.5 Å². The summed E-state index contributed by atoms with van der Waals surface area (Å²) >= 11 is 0. The lowest BCUT2D eigenvalue weighted by Crippen LogP contribution is -2.22. The van der Waals surface area contributed by atoms with Crippen LogP contribution in [0.15, 0.2) is 30.6 Å². The number of aromatic nitrogens is 2. The van der Waals surface area contributed by atoms with E-state index in [2.05, 4.69) is 46.2 Å². The first-order valence-corrected chi connectivity index (χ1v) is 7.21. The summed E-state index contributed by atoms with van der Waals surface area (Å²) in [7, 11) is 1.99. The highest BCUT2D eigenvalue weighted by Crippen LogP contribution is 2.26. The predicted octanol–water partition coefficient (Wildman–Crippen LogP) is 2.63. The van der Waals surface area contributed by atoms with Crippen molar-refractivity contribution in [1.82, 2.24) is 14.9 Å². The lowest BCUT2D eigenvalue weighted by molar-refractivity contribution is 0.134. The minimum absolute atomic E-state index is 0.127. The summed E-state index contributed by atoms with van der Waals surface area (Å²) < 4.78 is 7.72. The molecule has 2 aromatic rings. The Morgan fingerprint density at radius 3 is 3.00 bits per heavy atom. The number of rotatable bonds is 5. The Morgan fingerprint density at radius 2 is 2.20 bits per heavy atom. The second kappa shape index (κ2) is 5.77. The van der Waals surface area contributed by atoms with Gasteiger partial charge in [-0.05, 0) is 30.2 Å². The van der Waals surface area contributed by atoms with Crippen LogP contribution in [0.3, 0.4) is 0 Å². The van der Waals surface area contributed by atoms with Gasteiger partial charge in [-0.15, -0.1) is 0 Å². The van der Waals surface area contributed by atoms with Crippen molar-refractivity contribution < 1.29 is 4.74 Å². The van der Waals surface area contributed by atoms with Gasteiger partial charge >= 0.3 is 0 Å². The Kier molecular flexibility index (Phi) is 3.85. The van der Waals surface area contributed by atoms with Crippen LogP contribution in [-0.4, -0.2) is 16.6 Å². The molecule has 0 bridgehead atoms. The summed E-state index contributed by atoms with van der Waals surface area (Å²) in [5.74, 6) is 1.08. The molecule has 1 unspecified atom stereocenters. The molecule has 0 spiro atoms. The number of nitrogens with zero attached hydrogens (tertiary/aromatic N) is 2. The fraction of sp³-hybridized carbons (Fsp3) is 0.438. The van der Waals surface area contributed by atoms with E-state index in [4.69, 9.17) is 4.74 Å². The zero-order valence-corrected chi connectivity index (χ0v) is 12.1. The summed E-state index contributed by atoms with van der Waals surface area (Å²) in [6.07, 6.45) is 5.04. The summed E-state index contributed by atoms with van der Waals surface area (Å²) in [6, 6.07) is 6.73. The smallest absolute Gasteiger partial charge is 0.130 e. The minimum Gasteiger partial charge on any atom is -0.372 e. The molecule has 0 amide bonds. The zero-order valence-electron chi connectivity index (χ0n) is 12.1. The van der Waals surface area contributed by atoms with Gasteiger partial charge in [-0.3, -0.25) is 0 Å². The molecule has 1 aliphatic heterocycles. The second-order valence-corrected chi connectivity index (χ2v) is 5.22. The van der Waals surface area contributed by atoms with Gasteiger partial charge in [0.25, 0.3) is 0 Å². The first-order valence-electron chi connectivity index (χ1n) is 7.21. The van der Waals surface area contributed by atoms with E-state index in [0.717, 1.165) is 32.0 Å². The lowest BCUT2D eigenvalue weighted by atomic mass is 10.0. The molecule has 2 heterocycles. The molecule has 0 saturated carbocycles. The Balaban J connectivity index is 1.95. The van der Waals surface area contributed by atoms with Crippen LogP contribution in [0.25, 0.3) is 0 Å². The molecular formula is C16H21N3O. The van der Waals surface area contributed by atoms with Gasteiger partial charge in [-0.25, -0.2) is 4.98 Å². The average molecular weight is 271 g/mol. The lowest BCUT2D eigenvalue weighted by Gasteiger charge is -2.18. The van der Waals surface area contributed by atoms with Crippen LogP contribution < -0.4 is 5.32 Å². The molecule has 0 aliphatic carbocycles. The molecule has 1 N–H and O–H groups in total. The van der Waals surface area contributed by atoms with Crippen molar-refractivity contribution in [3.63, 3.8) is 0 Å². The van der Waals surface area contributed by atoms with E-state index in [-0.39, 0.29) is 6.04 Å². The molecule has 106 valence electrons. The second-order valence-electron chi connectivity index (χ2n) is 5.22. The van der Waals surface area contributed by atoms with Gasteiger partial charge in [0.15, 0.2) is 0 Å². The van der Waals surface area contributed by atoms with Crippen molar-refractivity contribution in [3.05, 3.63) is 53.1 Å². The molecule has 0 fully saturated rings. The van der Waals surface area contributed by atoms with E-state index in [0.29, 0.717) is 0 Å². The molecule has 1 aromatic carbocycles. The normalized spacial score (nSPS) is 15.3. The fourth-order valence-electron chi connectivity index (χ4n) is 2.83. The molecule has 4 heteroatoms. The number of hydrogen-bond donors (Lipinski definition) is 1. The number of aryl methyl sites for hydroxylation is 1. The van der Waals surface area contributed by atoms with Crippen LogP contribution in [0.2, 0.25) is 0 Å². The van der Waals surface area contributed by atoms with Crippen LogP contribution >= 0.6 is 0 Å². The predicted molar refractivity (Wildman–Crippen MR) is 78.4 cm³/mol. The Hall–Kier alpha value is -1.65. The van der Waals surface area contributed by atoms with Crippen molar-refractivity contribution in [2.45, 2.75) is 39.1 Å². The number of ether oxygens (including phenoxy) is 1. The Labute approximate surface area is 119 Å². The average Bonchev–Trinajstić information content (AvgIpc) is 3.09. The van der Waals surface area contributed by atoms with Crippen LogP contribution in [0, 0.1) is 0 Å². The molecule has 1 aromatic heterocycles. The number of imidazole rings is 1. The summed E-state index contributed by atoms with van der Waals surface area (Å²) in [4.78, 5) is 4.55. The topological polar surface area (TPSA) is 39.1 Å². The Bertz CT molecular complexity index is 591. The van der Waals surface area contributed by atoms with Gasteiger partial charge < -0.3 is 14.6 Å². The molecule has 1 aliphatic rings. The first-order chi connectivity index (χ1) is 9.83. The van der Waals surface area contributed by atoms with Gasteiger partial charge in [0.05, 0.1) is 19.3 Å². The highest BCUT2D eigenvalue weighted by atomic mass is 16.5. The number of nitrogens with one attached hydrogen (secondary N) is 1. The van der Waals surface area contributed by atoms with Crippen LogP contribution in [0.5, 0.6) is 0 Å². The molecule has 0 radical (unpaired) electrons. The van der Waals surface area contributed by atoms with E-state index in [1.54, 1.807) is 0 Å².